The molecule has 3 unspecified atom stereocenters. The minimum atomic E-state index is -0.415. The molecule has 1 heterocycles. The summed E-state index contributed by atoms with van der Waals surface area (Å²) in [5.41, 5.74) is -0.415. The highest BCUT2D eigenvalue weighted by Gasteiger charge is 2.45. The number of cyclic esters (lactones) is 2. The highest BCUT2D eigenvalue weighted by atomic mass is 16.6. The first kappa shape index (κ1) is 12.7. The lowest BCUT2D eigenvalue weighted by atomic mass is 9.62. The Morgan fingerprint density at radius 2 is 2.06 bits per heavy atom. The molecule has 1 aliphatic carbocycles. The average molecular weight is 236 g/mol. The maximum atomic E-state index is 11.8. The van der Waals surface area contributed by atoms with Crippen molar-refractivity contribution < 1.29 is 14.3 Å². The molecule has 0 aromatic carbocycles. The van der Waals surface area contributed by atoms with Crippen LogP contribution in [0.4, 0.5) is 0 Å². The van der Waals surface area contributed by atoms with Gasteiger partial charge >= 0.3 is 11.9 Å². The van der Waals surface area contributed by atoms with Crippen molar-refractivity contribution in [2.75, 3.05) is 0 Å². The largest absolute Gasteiger partial charge is 0.393 e. The molecule has 17 heavy (non-hydrogen) atoms. The summed E-state index contributed by atoms with van der Waals surface area (Å²) in [5.74, 6) is 0.0728. The van der Waals surface area contributed by atoms with Gasteiger partial charge in [-0.15, -0.1) is 0 Å². The third-order valence-electron chi connectivity index (χ3n) is 4.56. The lowest BCUT2D eigenvalue weighted by molar-refractivity contribution is -0.178. The van der Waals surface area contributed by atoms with E-state index in [-0.39, 0.29) is 17.9 Å². The number of carbonyl (C=O) groups excluding carboxylic acids is 2. The zero-order chi connectivity index (χ0) is 12.5. The molecule has 0 spiro atoms. The van der Waals surface area contributed by atoms with Crippen LogP contribution in [0.5, 0.6) is 0 Å². The van der Waals surface area contributed by atoms with Crippen LogP contribution >= 0.6 is 0 Å². The van der Waals surface area contributed by atoms with Crippen LogP contribution in [0.1, 0.15) is 45.4 Å². The van der Waals surface area contributed by atoms with Crippen LogP contribution in [0.25, 0.3) is 0 Å². The summed E-state index contributed by atoms with van der Waals surface area (Å²) >= 11 is 0. The van der Waals surface area contributed by atoms with Gasteiger partial charge in [0.05, 0.1) is 11.3 Å². The number of ether oxygens (including phenoxy) is 1. The Hall–Kier alpha value is -0.795. The molecule has 1 aliphatic heterocycles. The van der Waals surface area contributed by atoms with Crippen molar-refractivity contribution in [2.24, 2.45) is 11.3 Å². The molecule has 0 radical (unpaired) electrons. The van der Waals surface area contributed by atoms with E-state index in [4.69, 9.17) is 4.74 Å². The van der Waals surface area contributed by atoms with Crippen LogP contribution in [0.15, 0.2) is 0 Å². The van der Waals surface area contributed by atoms with Gasteiger partial charge < -0.3 is 4.74 Å². The van der Waals surface area contributed by atoms with Crippen LogP contribution in [0.3, 0.4) is 0 Å². The summed E-state index contributed by atoms with van der Waals surface area (Å²) in [6.07, 6.45) is 5.80. The molecule has 3 nitrogen and oxygen atoms in total. The Bertz CT molecular complexity index is 329. The first-order chi connectivity index (χ1) is 8.05. The molecule has 0 aromatic rings. The number of hydrogen-bond donors (Lipinski definition) is 0. The second-order valence-corrected chi connectivity index (χ2v) is 5.91. The van der Waals surface area contributed by atoms with E-state index >= 15 is 0 Å². The predicted molar refractivity (Wildman–Crippen MR) is 67.2 cm³/mol. The number of carbonyl (C=O) groups is 2. The van der Waals surface area contributed by atoms with Crippen LogP contribution in [0, 0.1) is 11.3 Å². The molecule has 0 aromatic heterocycles. The van der Waals surface area contributed by atoms with E-state index in [1.807, 2.05) is 6.92 Å². The molecule has 3 atom stereocenters. The van der Waals surface area contributed by atoms with Crippen LogP contribution in [0.2, 0.25) is 12.6 Å². The lowest BCUT2D eigenvalue weighted by Gasteiger charge is -2.34. The van der Waals surface area contributed by atoms with Gasteiger partial charge in [-0.2, -0.15) is 0 Å². The second kappa shape index (κ2) is 4.83. The van der Waals surface area contributed by atoms with E-state index in [9.17, 15) is 9.59 Å². The van der Waals surface area contributed by atoms with Crippen LogP contribution < -0.4 is 0 Å². The quantitative estimate of drug-likeness (QED) is 0.398. The van der Waals surface area contributed by atoms with Crippen molar-refractivity contribution in [3.63, 3.8) is 0 Å². The van der Waals surface area contributed by atoms with Crippen LogP contribution in [-0.2, 0) is 14.3 Å². The maximum absolute atomic E-state index is 11.8. The standard InChI is InChI=1S/C13H21BO3/c1-13-7-3-4-10(14-2)6-5-9(8-13)11(15)17-12(13)16/h9-10,14H,3-8H2,1-2H3. The van der Waals surface area contributed by atoms with Crippen molar-refractivity contribution in [3.05, 3.63) is 0 Å². The fourth-order valence-corrected chi connectivity index (χ4v) is 3.20. The molecule has 4 heteroatoms. The molecule has 2 aliphatic rings. The van der Waals surface area contributed by atoms with Gasteiger partial charge in [0.15, 0.2) is 0 Å². The minimum absolute atomic E-state index is 0.0511. The first-order valence-electron chi connectivity index (χ1n) is 6.81. The molecule has 2 fully saturated rings. The molecule has 0 N–H and O–H groups in total. The van der Waals surface area contributed by atoms with E-state index in [2.05, 4.69) is 6.82 Å². The summed E-state index contributed by atoms with van der Waals surface area (Å²) in [6.45, 7) is 4.17. The molecule has 1 saturated heterocycles. The van der Waals surface area contributed by atoms with Gasteiger partial charge in [0.1, 0.15) is 7.28 Å². The number of fused-ring (bicyclic) bond motifs is 2. The van der Waals surface area contributed by atoms with Crippen molar-refractivity contribution in [2.45, 2.75) is 58.1 Å². The van der Waals surface area contributed by atoms with E-state index in [0.717, 1.165) is 25.7 Å². The zero-order valence-corrected chi connectivity index (χ0v) is 10.8. The van der Waals surface area contributed by atoms with E-state index < -0.39 is 5.41 Å². The minimum Gasteiger partial charge on any atom is -0.393 e. The summed E-state index contributed by atoms with van der Waals surface area (Å²) in [7, 11) is 1.17. The normalized spacial score (nSPS) is 38.7. The Labute approximate surface area is 104 Å². The Morgan fingerprint density at radius 3 is 2.76 bits per heavy atom. The van der Waals surface area contributed by atoms with E-state index in [1.165, 1.54) is 13.7 Å². The summed E-state index contributed by atoms with van der Waals surface area (Å²) in [4.78, 5) is 23.5. The molecule has 2 bridgehead atoms. The second-order valence-electron chi connectivity index (χ2n) is 5.91. The Kier molecular flexibility index (Phi) is 3.60. The molecular weight excluding hydrogens is 215 g/mol. The summed E-state index contributed by atoms with van der Waals surface area (Å²) < 4.78 is 4.94. The topological polar surface area (TPSA) is 43.4 Å². The van der Waals surface area contributed by atoms with E-state index in [1.54, 1.807) is 0 Å². The maximum Gasteiger partial charge on any atom is 0.319 e. The Balaban J connectivity index is 2.16. The van der Waals surface area contributed by atoms with Gasteiger partial charge in [-0.05, 0) is 26.2 Å². The fraction of sp³-hybridized carbons (Fsp3) is 0.846. The molecule has 2 rings (SSSR count). The molecule has 0 amide bonds. The van der Waals surface area contributed by atoms with Crippen molar-refractivity contribution in [3.8, 4) is 0 Å². The number of esters is 2. The van der Waals surface area contributed by atoms with Crippen LogP contribution in [-0.4, -0.2) is 19.2 Å². The van der Waals surface area contributed by atoms with Crippen molar-refractivity contribution >= 4 is 19.2 Å². The monoisotopic (exact) mass is 236 g/mol. The average Bonchev–Trinajstić information content (AvgIpc) is 2.36. The smallest absolute Gasteiger partial charge is 0.319 e. The first-order valence-corrected chi connectivity index (χ1v) is 6.81. The van der Waals surface area contributed by atoms with Gasteiger partial charge in [-0.3, -0.25) is 9.59 Å². The number of hydrogen-bond acceptors (Lipinski definition) is 3. The lowest BCUT2D eigenvalue weighted by Crippen LogP contribution is -2.42. The highest BCUT2D eigenvalue weighted by molar-refractivity contribution is 6.35. The molecular formula is C13H21BO3. The summed E-state index contributed by atoms with van der Waals surface area (Å²) in [6, 6.07) is 0. The highest BCUT2D eigenvalue weighted by Crippen LogP contribution is 2.42. The van der Waals surface area contributed by atoms with Crippen molar-refractivity contribution in [1.82, 2.24) is 0 Å². The third-order valence-corrected chi connectivity index (χ3v) is 4.56. The number of rotatable bonds is 1. The summed E-state index contributed by atoms with van der Waals surface area (Å²) in [5, 5.41) is 0. The SMILES string of the molecule is CBC1CCCC2(C)CC(CC1)C(=O)OC2=O. The Morgan fingerprint density at radius 1 is 1.29 bits per heavy atom. The van der Waals surface area contributed by atoms with Gasteiger partial charge in [-0.25, -0.2) is 0 Å². The van der Waals surface area contributed by atoms with Crippen molar-refractivity contribution in [1.29, 1.82) is 0 Å². The van der Waals surface area contributed by atoms with Gasteiger partial charge in [0.25, 0.3) is 0 Å². The zero-order valence-electron chi connectivity index (χ0n) is 10.8. The predicted octanol–water partition coefficient (Wildman–Crippen LogP) is 2.32. The molecule has 94 valence electrons. The van der Waals surface area contributed by atoms with Gasteiger partial charge in [0, 0.05) is 0 Å². The van der Waals surface area contributed by atoms with Gasteiger partial charge in [0.2, 0.25) is 0 Å². The molecule has 1 saturated carbocycles. The van der Waals surface area contributed by atoms with E-state index in [0.29, 0.717) is 12.2 Å². The van der Waals surface area contributed by atoms with Gasteiger partial charge in [-0.1, -0.05) is 31.9 Å². The fourth-order valence-electron chi connectivity index (χ4n) is 3.20. The third kappa shape index (κ3) is 2.56.